The zero-order chi connectivity index (χ0) is 14.5. The summed E-state index contributed by atoms with van der Waals surface area (Å²) in [6.45, 7) is 2.69. The van der Waals surface area contributed by atoms with Gasteiger partial charge in [-0.1, -0.05) is 11.6 Å². The highest BCUT2D eigenvalue weighted by Gasteiger charge is 2.22. The van der Waals surface area contributed by atoms with Crippen LogP contribution in [0.3, 0.4) is 0 Å². The lowest BCUT2D eigenvalue weighted by Gasteiger charge is -2.26. The summed E-state index contributed by atoms with van der Waals surface area (Å²) < 4.78 is 0. The number of nitrogens with zero attached hydrogens (tertiary/aromatic N) is 1. The Bertz CT molecular complexity index is 473. The van der Waals surface area contributed by atoms with Gasteiger partial charge in [-0.25, -0.2) is 4.98 Å². The average Bonchev–Trinajstić information content (AvgIpc) is 2.43. The van der Waals surface area contributed by atoms with E-state index in [2.05, 4.69) is 15.6 Å². The maximum Gasteiger partial charge on any atom is 0.253 e. The summed E-state index contributed by atoms with van der Waals surface area (Å²) in [5, 5.41) is 15.8. The first-order valence-corrected chi connectivity index (χ1v) is 7.36. The van der Waals surface area contributed by atoms with Crippen molar-refractivity contribution in [2.75, 3.05) is 11.9 Å². The van der Waals surface area contributed by atoms with Crippen LogP contribution in [0.1, 0.15) is 43.0 Å². The summed E-state index contributed by atoms with van der Waals surface area (Å²) in [6, 6.07) is 1.77. The van der Waals surface area contributed by atoms with E-state index in [-0.39, 0.29) is 18.1 Å². The van der Waals surface area contributed by atoms with Crippen LogP contribution in [0.5, 0.6) is 0 Å². The fourth-order valence-corrected chi connectivity index (χ4v) is 2.56. The van der Waals surface area contributed by atoms with Gasteiger partial charge in [0.1, 0.15) is 5.82 Å². The SMILES string of the molecule is CCNc1cc(C(=O)NC2CCC(O)CC2)c(Cl)cn1. The molecule has 6 heteroatoms. The molecule has 1 amide bonds. The lowest BCUT2D eigenvalue weighted by atomic mass is 9.93. The molecule has 20 heavy (non-hydrogen) atoms. The predicted molar refractivity (Wildman–Crippen MR) is 79.1 cm³/mol. The molecule has 0 unspecified atom stereocenters. The number of anilines is 1. The maximum absolute atomic E-state index is 12.3. The van der Waals surface area contributed by atoms with E-state index < -0.39 is 0 Å². The fraction of sp³-hybridized carbons (Fsp3) is 0.571. The minimum atomic E-state index is -0.229. The van der Waals surface area contributed by atoms with E-state index in [0.29, 0.717) is 16.4 Å². The van der Waals surface area contributed by atoms with E-state index in [1.807, 2.05) is 6.92 Å². The molecule has 0 spiro atoms. The largest absolute Gasteiger partial charge is 0.393 e. The molecule has 1 aromatic heterocycles. The van der Waals surface area contributed by atoms with Crippen molar-refractivity contribution in [3.8, 4) is 0 Å². The fourth-order valence-electron chi connectivity index (χ4n) is 2.37. The molecule has 1 saturated carbocycles. The van der Waals surface area contributed by atoms with Gasteiger partial charge in [0.25, 0.3) is 5.91 Å². The van der Waals surface area contributed by atoms with Crippen LogP contribution in [0.25, 0.3) is 0 Å². The van der Waals surface area contributed by atoms with E-state index in [1.54, 1.807) is 6.07 Å². The van der Waals surface area contributed by atoms with Crippen molar-refractivity contribution >= 4 is 23.3 Å². The summed E-state index contributed by atoms with van der Waals surface area (Å²) in [6.07, 6.45) is 4.33. The van der Waals surface area contributed by atoms with E-state index >= 15 is 0 Å². The highest BCUT2D eigenvalue weighted by atomic mass is 35.5. The summed E-state index contributed by atoms with van der Waals surface area (Å²) in [7, 11) is 0. The average molecular weight is 298 g/mol. The number of aromatic nitrogens is 1. The van der Waals surface area contributed by atoms with Crippen molar-refractivity contribution in [2.45, 2.75) is 44.8 Å². The molecule has 0 bridgehead atoms. The summed E-state index contributed by atoms with van der Waals surface area (Å²) in [5.41, 5.74) is 0.434. The number of amides is 1. The number of aliphatic hydroxyl groups is 1. The van der Waals surface area contributed by atoms with E-state index in [0.717, 1.165) is 32.2 Å². The van der Waals surface area contributed by atoms with Crippen LogP contribution in [-0.2, 0) is 0 Å². The Balaban J connectivity index is 2.03. The molecular formula is C14H20ClN3O2. The van der Waals surface area contributed by atoms with Crippen LogP contribution in [0.4, 0.5) is 5.82 Å². The van der Waals surface area contributed by atoms with Crippen LogP contribution in [0.15, 0.2) is 12.3 Å². The summed E-state index contributed by atoms with van der Waals surface area (Å²) >= 11 is 6.04. The first-order chi connectivity index (χ1) is 9.60. The van der Waals surface area contributed by atoms with Crippen molar-refractivity contribution < 1.29 is 9.90 Å². The van der Waals surface area contributed by atoms with Gasteiger partial charge in [0.15, 0.2) is 0 Å². The highest BCUT2D eigenvalue weighted by molar-refractivity contribution is 6.33. The van der Waals surface area contributed by atoms with Crippen LogP contribution < -0.4 is 10.6 Å². The molecule has 1 aliphatic carbocycles. The number of hydrogen-bond donors (Lipinski definition) is 3. The van der Waals surface area contributed by atoms with Crippen molar-refractivity contribution in [2.24, 2.45) is 0 Å². The predicted octanol–water partition coefficient (Wildman–Crippen LogP) is 2.20. The van der Waals surface area contributed by atoms with Gasteiger partial charge in [-0.3, -0.25) is 4.79 Å². The number of pyridine rings is 1. The zero-order valence-corrected chi connectivity index (χ0v) is 12.3. The quantitative estimate of drug-likeness (QED) is 0.796. The van der Waals surface area contributed by atoms with Gasteiger partial charge in [0.05, 0.1) is 16.7 Å². The molecule has 110 valence electrons. The molecule has 1 aromatic rings. The van der Waals surface area contributed by atoms with Gasteiger partial charge < -0.3 is 15.7 Å². The Morgan fingerprint density at radius 2 is 2.15 bits per heavy atom. The molecule has 5 nitrogen and oxygen atoms in total. The van der Waals surface area contributed by atoms with Gasteiger partial charge in [0, 0.05) is 18.8 Å². The van der Waals surface area contributed by atoms with Gasteiger partial charge in [-0.05, 0) is 38.7 Å². The number of hydrogen-bond acceptors (Lipinski definition) is 4. The third kappa shape index (κ3) is 3.84. The second kappa shape index (κ2) is 6.90. The third-order valence-electron chi connectivity index (χ3n) is 3.49. The van der Waals surface area contributed by atoms with Crippen LogP contribution in [-0.4, -0.2) is 34.7 Å². The van der Waals surface area contributed by atoms with E-state index in [9.17, 15) is 9.90 Å². The lowest BCUT2D eigenvalue weighted by Crippen LogP contribution is -2.38. The first-order valence-electron chi connectivity index (χ1n) is 6.98. The van der Waals surface area contributed by atoms with Crippen molar-refractivity contribution in [1.82, 2.24) is 10.3 Å². The Hall–Kier alpha value is -1.33. The maximum atomic E-state index is 12.3. The van der Waals surface area contributed by atoms with Crippen molar-refractivity contribution in [3.63, 3.8) is 0 Å². The summed E-state index contributed by atoms with van der Waals surface area (Å²) in [5.74, 6) is 0.457. The van der Waals surface area contributed by atoms with E-state index in [4.69, 9.17) is 11.6 Å². The molecule has 1 fully saturated rings. The molecule has 3 N–H and O–H groups in total. The Morgan fingerprint density at radius 3 is 2.80 bits per heavy atom. The van der Waals surface area contributed by atoms with Crippen LogP contribution >= 0.6 is 11.6 Å². The second-order valence-electron chi connectivity index (χ2n) is 5.06. The number of nitrogens with one attached hydrogen (secondary N) is 2. The normalized spacial score (nSPS) is 22.4. The van der Waals surface area contributed by atoms with Gasteiger partial charge in [-0.2, -0.15) is 0 Å². The van der Waals surface area contributed by atoms with Crippen molar-refractivity contribution in [3.05, 3.63) is 22.8 Å². The van der Waals surface area contributed by atoms with Crippen molar-refractivity contribution in [1.29, 1.82) is 0 Å². The number of aliphatic hydroxyl groups excluding tert-OH is 1. The standard InChI is InChI=1S/C14H20ClN3O2/c1-2-16-13-7-11(12(15)8-17-13)14(20)18-9-3-5-10(19)6-4-9/h7-10,19H,2-6H2,1H3,(H,16,17)(H,18,20). The number of carbonyl (C=O) groups is 1. The number of carbonyl (C=O) groups excluding carboxylic acids is 1. The number of halogens is 1. The van der Waals surface area contributed by atoms with E-state index in [1.165, 1.54) is 6.20 Å². The summed E-state index contributed by atoms with van der Waals surface area (Å²) in [4.78, 5) is 16.4. The van der Waals surface area contributed by atoms with Gasteiger partial charge in [-0.15, -0.1) is 0 Å². The van der Waals surface area contributed by atoms with Gasteiger partial charge in [0.2, 0.25) is 0 Å². The Morgan fingerprint density at radius 1 is 1.45 bits per heavy atom. The highest BCUT2D eigenvalue weighted by Crippen LogP contribution is 2.21. The third-order valence-corrected chi connectivity index (χ3v) is 3.79. The van der Waals surface area contributed by atoms with Gasteiger partial charge >= 0.3 is 0 Å². The second-order valence-corrected chi connectivity index (χ2v) is 5.47. The topological polar surface area (TPSA) is 74.2 Å². The molecule has 0 atom stereocenters. The van der Waals surface area contributed by atoms with Crippen LogP contribution in [0.2, 0.25) is 5.02 Å². The molecule has 1 heterocycles. The lowest BCUT2D eigenvalue weighted by molar-refractivity contribution is 0.0867. The Labute approximate surface area is 123 Å². The van der Waals surface area contributed by atoms with Crippen LogP contribution in [0, 0.1) is 0 Å². The molecule has 0 aromatic carbocycles. The zero-order valence-electron chi connectivity index (χ0n) is 11.5. The molecular weight excluding hydrogens is 278 g/mol. The molecule has 1 aliphatic rings. The first kappa shape index (κ1) is 15.1. The monoisotopic (exact) mass is 297 g/mol. The number of rotatable bonds is 4. The molecule has 0 radical (unpaired) electrons. The minimum absolute atomic E-state index is 0.109. The molecule has 0 saturated heterocycles. The smallest absolute Gasteiger partial charge is 0.253 e. The molecule has 0 aliphatic heterocycles. The Kier molecular flexibility index (Phi) is 5.20. The minimum Gasteiger partial charge on any atom is -0.393 e. The molecule has 2 rings (SSSR count).